The Labute approximate surface area is 70.6 Å². The van der Waals surface area contributed by atoms with Gasteiger partial charge in [-0.1, -0.05) is 11.6 Å². The van der Waals surface area contributed by atoms with Crippen LogP contribution in [0.2, 0.25) is 5.02 Å². The van der Waals surface area contributed by atoms with Crippen molar-refractivity contribution in [2.24, 2.45) is 0 Å². The topological polar surface area (TPSA) is 24.9 Å². The fourth-order valence-corrected chi connectivity index (χ4v) is 1.52. The van der Waals surface area contributed by atoms with Crippen LogP contribution in [0.15, 0.2) is 12.3 Å². The largest absolute Gasteiger partial charge is 0.381 e. The fraction of sp³-hybridized carbons (Fsp3) is 0.375. The van der Waals surface area contributed by atoms with Crippen LogP contribution in [0.3, 0.4) is 0 Å². The highest BCUT2D eigenvalue weighted by molar-refractivity contribution is 6.30. The number of aromatic nitrogens is 1. The number of halogens is 1. The van der Waals surface area contributed by atoms with Crippen LogP contribution in [0.5, 0.6) is 0 Å². The summed E-state index contributed by atoms with van der Waals surface area (Å²) in [6.07, 6.45) is 2.70. The van der Waals surface area contributed by atoms with Crippen LogP contribution in [0, 0.1) is 0 Å². The molecule has 1 unspecified atom stereocenters. The number of anilines is 1. The normalized spacial score (nSPS) is 21.1. The monoisotopic (exact) mass is 168 g/mol. The summed E-state index contributed by atoms with van der Waals surface area (Å²) in [5.41, 5.74) is 2.21. The zero-order chi connectivity index (χ0) is 7.84. The lowest BCUT2D eigenvalue weighted by Gasteiger charge is -2.00. The van der Waals surface area contributed by atoms with Gasteiger partial charge in [0, 0.05) is 18.7 Å². The van der Waals surface area contributed by atoms with Crippen LogP contribution in [0.4, 0.5) is 5.69 Å². The molecule has 1 N–H and O–H groups in total. The molecular formula is C8H9ClN2. The predicted molar refractivity (Wildman–Crippen MR) is 46.0 cm³/mol. The first kappa shape index (κ1) is 6.92. The maximum absolute atomic E-state index is 5.77. The zero-order valence-electron chi connectivity index (χ0n) is 6.26. The van der Waals surface area contributed by atoms with E-state index in [0.717, 1.165) is 17.8 Å². The number of rotatable bonds is 0. The van der Waals surface area contributed by atoms with E-state index >= 15 is 0 Å². The molecule has 2 rings (SSSR count). The molecule has 1 aliphatic heterocycles. The van der Waals surface area contributed by atoms with Crippen molar-refractivity contribution in [1.82, 2.24) is 4.98 Å². The van der Waals surface area contributed by atoms with Gasteiger partial charge in [0.15, 0.2) is 0 Å². The Hall–Kier alpha value is -0.760. The van der Waals surface area contributed by atoms with E-state index in [1.165, 1.54) is 0 Å². The Bertz CT molecular complexity index is 285. The van der Waals surface area contributed by atoms with E-state index in [4.69, 9.17) is 11.6 Å². The van der Waals surface area contributed by atoms with Gasteiger partial charge in [0.2, 0.25) is 0 Å². The molecule has 11 heavy (non-hydrogen) atoms. The molecule has 1 aromatic rings. The number of pyridine rings is 1. The van der Waals surface area contributed by atoms with Gasteiger partial charge >= 0.3 is 0 Å². The van der Waals surface area contributed by atoms with Crippen molar-refractivity contribution in [3.8, 4) is 0 Å². The van der Waals surface area contributed by atoms with Crippen LogP contribution in [0.1, 0.15) is 12.6 Å². The summed E-state index contributed by atoms with van der Waals surface area (Å²) in [5, 5.41) is 3.99. The summed E-state index contributed by atoms with van der Waals surface area (Å²) >= 11 is 5.77. The van der Waals surface area contributed by atoms with E-state index in [-0.39, 0.29) is 0 Å². The second-order valence-electron chi connectivity index (χ2n) is 2.90. The summed E-state index contributed by atoms with van der Waals surface area (Å²) in [7, 11) is 0. The lowest BCUT2D eigenvalue weighted by molar-refractivity contribution is 0.824. The molecular weight excluding hydrogens is 160 g/mol. The molecule has 0 aromatic carbocycles. The Morgan fingerprint density at radius 1 is 1.73 bits per heavy atom. The molecule has 2 heterocycles. The third-order valence-corrected chi connectivity index (χ3v) is 2.04. The average Bonchev–Trinajstić information content (AvgIpc) is 2.27. The van der Waals surface area contributed by atoms with Crippen molar-refractivity contribution in [2.75, 3.05) is 5.32 Å². The maximum atomic E-state index is 5.77. The van der Waals surface area contributed by atoms with Gasteiger partial charge in [-0.15, -0.1) is 0 Å². The van der Waals surface area contributed by atoms with Crippen LogP contribution in [-0.2, 0) is 6.42 Å². The van der Waals surface area contributed by atoms with Crippen molar-refractivity contribution in [3.05, 3.63) is 23.0 Å². The highest BCUT2D eigenvalue weighted by atomic mass is 35.5. The molecule has 58 valence electrons. The molecule has 0 saturated heterocycles. The third kappa shape index (κ3) is 1.18. The Kier molecular flexibility index (Phi) is 1.50. The Morgan fingerprint density at radius 3 is 3.36 bits per heavy atom. The molecule has 2 nitrogen and oxygen atoms in total. The Morgan fingerprint density at radius 2 is 2.55 bits per heavy atom. The van der Waals surface area contributed by atoms with Gasteiger partial charge in [0.25, 0.3) is 0 Å². The molecule has 1 aromatic heterocycles. The number of hydrogen-bond donors (Lipinski definition) is 1. The number of nitrogens with zero attached hydrogens (tertiary/aromatic N) is 1. The highest BCUT2D eigenvalue weighted by Gasteiger charge is 2.17. The molecule has 1 atom stereocenters. The first-order chi connectivity index (χ1) is 5.25. The lowest BCUT2D eigenvalue weighted by atomic mass is 10.2. The van der Waals surface area contributed by atoms with E-state index in [2.05, 4.69) is 17.2 Å². The summed E-state index contributed by atoms with van der Waals surface area (Å²) in [4.78, 5) is 4.21. The average molecular weight is 169 g/mol. The van der Waals surface area contributed by atoms with Crippen LogP contribution < -0.4 is 5.32 Å². The summed E-state index contributed by atoms with van der Waals surface area (Å²) < 4.78 is 0. The van der Waals surface area contributed by atoms with Crippen molar-refractivity contribution < 1.29 is 0 Å². The van der Waals surface area contributed by atoms with Gasteiger partial charge in [-0.3, -0.25) is 4.98 Å². The SMILES string of the molecule is CC1Cc2ncc(Cl)cc2N1. The van der Waals surface area contributed by atoms with Gasteiger partial charge < -0.3 is 5.32 Å². The summed E-state index contributed by atoms with van der Waals surface area (Å²) in [6.45, 7) is 2.13. The standard InChI is InChI=1S/C8H9ClN2/c1-5-2-7-8(11-5)3-6(9)4-10-7/h3-5,11H,2H2,1H3. The zero-order valence-corrected chi connectivity index (χ0v) is 7.02. The van der Waals surface area contributed by atoms with E-state index < -0.39 is 0 Å². The third-order valence-electron chi connectivity index (χ3n) is 1.84. The first-order valence-electron chi connectivity index (χ1n) is 3.66. The maximum Gasteiger partial charge on any atom is 0.0656 e. The molecule has 0 saturated carbocycles. The molecule has 0 aliphatic carbocycles. The minimum absolute atomic E-state index is 0.496. The number of nitrogens with one attached hydrogen (secondary N) is 1. The van der Waals surface area contributed by atoms with Gasteiger partial charge in [-0.05, 0) is 13.0 Å². The van der Waals surface area contributed by atoms with Crippen LogP contribution >= 0.6 is 11.6 Å². The summed E-state index contributed by atoms with van der Waals surface area (Å²) in [5.74, 6) is 0. The molecule has 0 fully saturated rings. The van der Waals surface area contributed by atoms with Crippen LogP contribution in [0.25, 0.3) is 0 Å². The second-order valence-corrected chi connectivity index (χ2v) is 3.33. The van der Waals surface area contributed by atoms with Gasteiger partial charge in [0.1, 0.15) is 0 Å². The van der Waals surface area contributed by atoms with Crippen molar-refractivity contribution in [3.63, 3.8) is 0 Å². The van der Waals surface area contributed by atoms with Crippen molar-refractivity contribution in [2.45, 2.75) is 19.4 Å². The van der Waals surface area contributed by atoms with E-state index in [1.54, 1.807) is 6.20 Å². The summed E-state index contributed by atoms with van der Waals surface area (Å²) in [6, 6.07) is 2.42. The van der Waals surface area contributed by atoms with Crippen molar-refractivity contribution in [1.29, 1.82) is 0 Å². The van der Waals surface area contributed by atoms with Gasteiger partial charge in [-0.2, -0.15) is 0 Å². The Balaban J connectivity index is 2.43. The van der Waals surface area contributed by atoms with Crippen molar-refractivity contribution >= 4 is 17.3 Å². The molecule has 1 aliphatic rings. The minimum Gasteiger partial charge on any atom is -0.381 e. The van der Waals surface area contributed by atoms with E-state index in [1.807, 2.05) is 6.07 Å². The van der Waals surface area contributed by atoms with Crippen LogP contribution in [-0.4, -0.2) is 11.0 Å². The minimum atomic E-state index is 0.496. The highest BCUT2D eigenvalue weighted by Crippen LogP contribution is 2.25. The predicted octanol–water partition coefficient (Wildman–Crippen LogP) is 2.09. The molecule has 0 amide bonds. The fourth-order valence-electron chi connectivity index (χ4n) is 1.36. The lowest BCUT2D eigenvalue weighted by Crippen LogP contribution is -2.08. The number of fused-ring (bicyclic) bond motifs is 1. The van der Waals surface area contributed by atoms with E-state index in [9.17, 15) is 0 Å². The van der Waals surface area contributed by atoms with Gasteiger partial charge in [0.05, 0.1) is 16.4 Å². The second kappa shape index (κ2) is 2.38. The molecule has 0 radical (unpaired) electrons. The molecule has 3 heteroatoms. The quantitative estimate of drug-likeness (QED) is 0.642. The smallest absolute Gasteiger partial charge is 0.0656 e. The van der Waals surface area contributed by atoms with Gasteiger partial charge in [-0.25, -0.2) is 0 Å². The number of hydrogen-bond acceptors (Lipinski definition) is 2. The molecule has 0 bridgehead atoms. The van der Waals surface area contributed by atoms with E-state index in [0.29, 0.717) is 11.1 Å². The molecule has 0 spiro atoms. The first-order valence-corrected chi connectivity index (χ1v) is 4.04.